The predicted molar refractivity (Wildman–Crippen MR) is 107 cm³/mol. The summed E-state index contributed by atoms with van der Waals surface area (Å²) < 4.78 is 10.5. The number of carbonyl (C=O) groups excluding carboxylic acids is 2. The van der Waals surface area contributed by atoms with E-state index in [1.807, 2.05) is 30.3 Å². The van der Waals surface area contributed by atoms with E-state index in [1.54, 1.807) is 18.2 Å². The molecule has 0 aromatic heterocycles. The second-order valence-corrected chi connectivity index (χ2v) is 6.27. The molecular formula is C19H18N6O4. The SMILES string of the molecule is NC(=NC1=N[C@@H](CC(=O)Nc2ccc3c(c2)OCO3)C(=O)N1)Nc1ccccc1. The molecule has 2 aromatic rings. The number of amides is 2. The fourth-order valence-electron chi connectivity index (χ4n) is 2.80. The minimum Gasteiger partial charge on any atom is -0.454 e. The Kier molecular flexibility index (Phi) is 4.97. The number of nitrogens with zero attached hydrogens (tertiary/aromatic N) is 2. The van der Waals surface area contributed by atoms with Crippen LogP contribution in [-0.4, -0.2) is 36.6 Å². The summed E-state index contributed by atoms with van der Waals surface area (Å²) in [6, 6.07) is 13.4. The Hall–Kier alpha value is -4.08. The van der Waals surface area contributed by atoms with Gasteiger partial charge in [0.25, 0.3) is 5.91 Å². The van der Waals surface area contributed by atoms with Crippen LogP contribution in [0.25, 0.3) is 0 Å². The van der Waals surface area contributed by atoms with Gasteiger partial charge in [-0.15, -0.1) is 0 Å². The van der Waals surface area contributed by atoms with Crippen molar-refractivity contribution in [2.45, 2.75) is 12.5 Å². The van der Waals surface area contributed by atoms with Crippen LogP contribution in [0, 0.1) is 0 Å². The molecule has 4 rings (SSSR count). The van der Waals surface area contributed by atoms with Crippen molar-refractivity contribution in [2.24, 2.45) is 15.7 Å². The Labute approximate surface area is 165 Å². The highest BCUT2D eigenvalue weighted by molar-refractivity contribution is 6.11. The van der Waals surface area contributed by atoms with Crippen LogP contribution >= 0.6 is 0 Å². The van der Waals surface area contributed by atoms with Gasteiger partial charge < -0.3 is 25.8 Å². The fraction of sp³-hybridized carbons (Fsp3) is 0.158. The molecule has 2 aromatic carbocycles. The maximum absolute atomic E-state index is 12.3. The van der Waals surface area contributed by atoms with Gasteiger partial charge >= 0.3 is 0 Å². The van der Waals surface area contributed by atoms with E-state index >= 15 is 0 Å². The first kappa shape index (κ1) is 18.3. The van der Waals surface area contributed by atoms with Crippen LogP contribution in [0.2, 0.25) is 0 Å². The maximum atomic E-state index is 12.3. The quantitative estimate of drug-likeness (QED) is 0.451. The second kappa shape index (κ2) is 7.89. The van der Waals surface area contributed by atoms with E-state index in [0.717, 1.165) is 5.69 Å². The van der Waals surface area contributed by atoms with Gasteiger partial charge in [-0.2, -0.15) is 4.99 Å². The highest BCUT2D eigenvalue weighted by Crippen LogP contribution is 2.34. The molecule has 0 unspecified atom stereocenters. The number of guanidine groups is 2. The minimum absolute atomic E-state index is 0.0526. The molecule has 0 radical (unpaired) electrons. The van der Waals surface area contributed by atoms with Crippen LogP contribution in [0.1, 0.15) is 6.42 Å². The summed E-state index contributed by atoms with van der Waals surface area (Å²) >= 11 is 0. The minimum atomic E-state index is -0.882. The number of para-hydroxylation sites is 1. The molecule has 0 aliphatic carbocycles. The lowest BCUT2D eigenvalue weighted by Gasteiger charge is -2.07. The van der Waals surface area contributed by atoms with Gasteiger partial charge in [0.15, 0.2) is 11.5 Å². The standard InChI is InChI=1S/C19H18N6O4/c20-18(22-11-4-2-1-3-5-11)25-19-23-13(17(27)24-19)9-16(26)21-12-6-7-14-15(8-12)29-10-28-14/h1-8,13H,9-10H2,(H,21,26)(H4,20,22,23,24,25,27)/t13-/m0/s1. The number of aliphatic imine (C=N–C) groups is 2. The topological polar surface area (TPSA) is 139 Å². The lowest BCUT2D eigenvalue weighted by molar-refractivity contribution is -0.123. The molecule has 0 bridgehead atoms. The number of ether oxygens (including phenoxy) is 2. The van der Waals surface area contributed by atoms with Crippen molar-refractivity contribution in [1.82, 2.24) is 5.32 Å². The largest absolute Gasteiger partial charge is 0.454 e. The van der Waals surface area contributed by atoms with Gasteiger partial charge in [0, 0.05) is 17.4 Å². The molecule has 0 saturated carbocycles. The van der Waals surface area contributed by atoms with E-state index in [2.05, 4.69) is 25.9 Å². The monoisotopic (exact) mass is 394 g/mol. The molecule has 0 spiro atoms. The normalized spacial score (nSPS) is 17.5. The van der Waals surface area contributed by atoms with Crippen LogP contribution in [0.15, 0.2) is 58.5 Å². The summed E-state index contributed by atoms with van der Waals surface area (Å²) in [4.78, 5) is 32.5. The third-order valence-electron chi connectivity index (χ3n) is 4.12. The summed E-state index contributed by atoms with van der Waals surface area (Å²) in [6.45, 7) is 0.148. The Balaban J connectivity index is 1.36. The molecule has 5 N–H and O–H groups in total. The first-order chi connectivity index (χ1) is 14.1. The van der Waals surface area contributed by atoms with Crippen molar-refractivity contribution < 1.29 is 19.1 Å². The number of hydrogen-bond acceptors (Lipinski definition) is 6. The first-order valence-corrected chi connectivity index (χ1v) is 8.81. The van der Waals surface area contributed by atoms with Crippen molar-refractivity contribution >= 4 is 35.1 Å². The van der Waals surface area contributed by atoms with Gasteiger partial charge in [-0.25, -0.2) is 4.99 Å². The van der Waals surface area contributed by atoms with Gasteiger partial charge in [-0.05, 0) is 24.3 Å². The van der Waals surface area contributed by atoms with Gasteiger partial charge in [0.2, 0.25) is 24.6 Å². The van der Waals surface area contributed by atoms with Crippen LogP contribution < -0.4 is 31.2 Å². The van der Waals surface area contributed by atoms with E-state index in [4.69, 9.17) is 15.2 Å². The number of anilines is 2. The van der Waals surface area contributed by atoms with Gasteiger partial charge in [0.1, 0.15) is 6.04 Å². The van der Waals surface area contributed by atoms with E-state index in [-0.39, 0.29) is 31.0 Å². The van der Waals surface area contributed by atoms with Crippen molar-refractivity contribution in [3.8, 4) is 11.5 Å². The van der Waals surface area contributed by atoms with E-state index in [1.165, 1.54) is 0 Å². The van der Waals surface area contributed by atoms with Crippen LogP contribution in [-0.2, 0) is 9.59 Å². The number of carbonyl (C=O) groups is 2. The molecule has 10 heteroatoms. The summed E-state index contributed by atoms with van der Waals surface area (Å²) in [5.74, 6) is 0.507. The zero-order valence-corrected chi connectivity index (χ0v) is 15.2. The second-order valence-electron chi connectivity index (χ2n) is 6.27. The Morgan fingerprint density at radius 3 is 2.76 bits per heavy atom. The lowest BCUT2D eigenvalue weighted by Crippen LogP contribution is -2.32. The Bertz CT molecular complexity index is 1010. The fourth-order valence-corrected chi connectivity index (χ4v) is 2.80. The maximum Gasteiger partial charge on any atom is 0.252 e. The number of nitrogens with two attached hydrogens (primary N) is 1. The molecule has 2 aliphatic heterocycles. The summed E-state index contributed by atoms with van der Waals surface area (Å²) in [6.07, 6.45) is -0.134. The van der Waals surface area contributed by atoms with Crippen molar-refractivity contribution in [2.75, 3.05) is 17.4 Å². The van der Waals surface area contributed by atoms with E-state index in [0.29, 0.717) is 17.2 Å². The number of hydrogen-bond donors (Lipinski definition) is 4. The average molecular weight is 394 g/mol. The molecule has 1 atom stereocenters. The molecule has 2 aliphatic rings. The number of fused-ring (bicyclic) bond motifs is 1. The number of benzene rings is 2. The Morgan fingerprint density at radius 2 is 1.93 bits per heavy atom. The van der Waals surface area contributed by atoms with Crippen molar-refractivity contribution in [1.29, 1.82) is 0 Å². The summed E-state index contributed by atoms with van der Waals surface area (Å²) in [5, 5.41) is 8.11. The van der Waals surface area contributed by atoms with Gasteiger partial charge in [-0.1, -0.05) is 18.2 Å². The zero-order valence-electron chi connectivity index (χ0n) is 15.2. The molecule has 2 heterocycles. The van der Waals surface area contributed by atoms with E-state index < -0.39 is 11.9 Å². The highest BCUT2D eigenvalue weighted by atomic mass is 16.7. The summed E-state index contributed by atoms with van der Waals surface area (Å²) in [5.41, 5.74) is 7.12. The van der Waals surface area contributed by atoms with Crippen molar-refractivity contribution in [3.05, 3.63) is 48.5 Å². The Morgan fingerprint density at radius 1 is 1.14 bits per heavy atom. The average Bonchev–Trinajstić information content (AvgIpc) is 3.28. The van der Waals surface area contributed by atoms with Crippen LogP contribution in [0.4, 0.5) is 11.4 Å². The predicted octanol–water partition coefficient (Wildman–Crippen LogP) is 1.03. The molecule has 0 saturated heterocycles. The number of rotatable bonds is 4. The summed E-state index contributed by atoms with van der Waals surface area (Å²) in [7, 11) is 0. The van der Waals surface area contributed by atoms with E-state index in [9.17, 15) is 9.59 Å². The molecule has 148 valence electrons. The highest BCUT2D eigenvalue weighted by Gasteiger charge is 2.29. The van der Waals surface area contributed by atoms with Gasteiger partial charge in [-0.3, -0.25) is 14.9 Å². The third kappa shape index (κ3) is 4.43. The van der Waals surface area contributed by atoms with Crippen LogP contribution in [0.5, 0.6) is 11.5 Å². The zero-order chi connectivity index (χ0) is 20.2. The van der Waals surface area contributed by atoms with Crippen LogP contribution in [0.3, 0.4) is 0 Å². The number of nitrogens with one attached hydrogen (secondary N) is 3. The molecule has 10 nitrogen and oxygen atoms in total. The smallest absolute Gasteiger partial charge is 0.252 e. The van der Waals surface area contributed by atoms with Crippen molar-refractivity contribution in [3.63, 3.8) is 0 Å². The first-order valence-electron chi connectivity index (χ1n) is 8.81. The molecule has 29 heavy (non-hydrogen) atoms. The molecule has 0 fully saturated rings. The molecular weight excluding hydrogens is 376 g/mol. The lowest BCUT2D eigenvalue weighted by atomic mass is 10.2. The third-order valence-corrected chi connectivity index (χ3v) is 4.12. The molecule has 2 amide bonds. The van der Waals surface area contributed by atoms with Gasteiger partial charge in [0.05, 0.1) is 6.42 Å².